The molecular formula is C35H70N2O2. The van der Waals surface area contributed by atoms with E-state index >= 15 is 0 Å². The van der Waals surface area contributed by atoms with E-state index in [4.69, 9.17) is 11.5 Å². The van der Waals surface area contributed by atoms with Gasteiger partial charge in [-0.1, -0.05) is 186 Å². The first-order valence-electron chi connectivity index (χ1n) is 17.7. The van der Waals surface area contributed by atoms with E-state index in [0.717, 1.165) is 25.7 Å². The summed E-state index contributed by atoms with van der Waals surface area (Å²) in [6, 6.07) is 0. The van der Waals surface area contributed by atoms with E-state index < -0.39 is 0 Å². The third kappa shape index (κ3) is 36.9. The molecule has 0 aromatic carbocycles. The Labute approximate surface area is 244 Å². The molecule has 2 amide bonds. The molecule has 0 heterocycles. The second kappa shape index (κ2) is 33.1. The Morgan fingerprint density at radius 2 is 0.333 bits per heavy atom. The van der Waals surface area contributed by atoms with Gasteiger partial charge in [0.15, 0.2) is 0 Å². The standard InChI is InChI=1S/C35H70N2O2/c36-34(38)32-30-28-26-24-22-20-18-16-14-12-10-8-6-4-2-1-3-5-7-9-11-13-15-17-19-21-23-25-27-29-31-33-35(37)39/h1-33H2,(H2,36,38)(H2,37,39). The van der Waals surface area contributed by atoms with E-state index in [0.29, 0.717) is 12.8 Å². The van der Waals surface area contributed by atoms with Gasteiger partial charge in [0.1, 0.15) is 0 Å². The normalized spacial score (nSPS) is 11.3. The number of hydrogen-bond donors (Lipinski definition) is 2. The molecule has 0 saturated carbocycles. The monoisotopic (exact) mass is 551 g/mol. The Bertz CT molecular complexity index is 465. The Hall–Kier alpha value is -1.06. The van der Waals surface area contributed by atoms with Crippen molar-refractivity contribution >= 4 is 11.8 Å². The van der Waals surface area contributed by atoms with Crippen molar-refractivity contribution in [3.05, 3.63) is 0 Å². The zero-order valence-electron chi connectivity index (χ0n) is 26.3. The lowest BCUT2D eigenvalue weighted by atomic mass is 10.0. The Morgan fingerprint density at radius 3 is 0.436 bits per heavy atom. The predicted octanol–water partition coefficient (Wildman–Crippen LogP) is 10.8. The molecule has 4 N–H and O–H groups in total. The van der Waals surface area contributed by atoms with Gasteiger partial charge >= 0.3 is 0 Å². The molecule has 0 unspecified atom stereocenters. The molecule has 0 radical (unpaired) electrons. The lowest BCUT2D eigenvalue weighted by Crippen LogP contribution is -2.09. The van der Waals surface area contributed by atoms with Gasteiger partial charge in [0.25, 0.3) is 0 Å². The van der Waals surface area contributed by atoms with Crippen molar-refractivity contribution in [2.45, 2.75) is 212 Å². The predicted molar refractivity (Wildman–Crippen MR) is 171 cm³/mol. The maximum Gasteiger partial charge on any atom is 0.217 e. The van der Waals surface area contributed by atoms with Crippen molar-refractivity contribution < 1.29 is 9.59 Å². The number of nitrogens with two attached hydrogens (primary N) is 2. The maximum atomic E-state index is 10.7. The summed E-state index contributed by atoms with van der Waals surface area (Å²) in [6.07, 6.45) is 43.4. The zero-order chi connectivity index (χ0) is 28.5. The average Bonchev–Trinajstić information content (AvgIpc) is 2.91. The summed E-state index contributed by atoms with van der Waals surface area (Å²) in [4.78, 5) is 21.4. The average molecular weight is 551 g/mol. The van der Waals surface area contributed by atoms with Crippen molar-refractivity contribution in [1.29, 1.82) is 0 Å². The van der Waals surface area contributed by atoms with E-state index in [1.54, 1.807) is 0 Å². The van der Waals surface area contributed by atoms with Gasteiger partial charge in [-0.05, 0) is 12.8 Å². The highest BCUT2D eigenvalue weighted by atomic mass is 16.1. The highest BCUT2D eigenvalue weighted by Crippen LogP contribution is 2.16. The number of hydrogen-bond acceptors (Lipinski definition) is 2. The number of amides is 2. The van der Waals surface area contributed by atoms with Crippen LogP contribution in [0.4, 0.5) is 0 Å². The summed E-state index contributed by atoms with van der Waals surface area (Å²) in [5, 5.41) is 0. The number of primary amides is 2. The summed E-state index contributed by atoms with van der Waals surface area (Å²) < 4.78 is 0. The number of carbonyl (C=O) groups is 2. The quantitative estimate of drug-likeness (QED) is 0.0780. The van der Waals surface area contributed by atoms with E-state index in [9.17, 15) is 9.59 Å². The molecule has 0 aliphatic rings. The summed E-state index contributed by atoms with van der Waals surface area (Å²) in [6.45, 7) is 0. The molecule has 0 bridgehead atoms. The van der Waals surface area contributed by atoms with Crippen molar-refractivity contribution in [2.75, 3.05) is 0 Å². The zero-order valence-corrected chi connectivity index (χ0v) is 26.3. The number of carbonyl (C=O) groups excluding carboxylic acids is 2. The van der Waals surface area contributed by atoms with Crippen LogP contribution in [0.25, 0.3) is 0 Å². The molecule has 4 heteroatoms. The Kier molecular flexibility index (Phi) is 32.2. The molecule has 0 aromatic rings. The smallest absolute Gasteiger partial charge is 0.217 e. The lowest BCUT2D eigenvalue weighted by molar-refractivity contribution is -0.119. The van der Waals surface area contributed by atoms with Crippen molar-refractivity contribution in [3.8, 4) is 0 Å². The SMILES string of the molecule is NC(=O)CCCCCCCCCCCCCCCCCCCCCCCCCCCCCCCCCC(N)=O. The molecule has 0 spiro atoms. The van der Waals surface area contributed by atoms with Crippen LogP contribution in [0, 0.1) is 0 Å². The molecule has 232 valence electrons. The molecule has 0 saturated heterocycles. The van der Waals surface area contributed by atoms with Crippen LogP contribution in [0.5, 0.6) is 0 Å². The molecule has 0 rings (SSSR count). The minimum atomic E-state index is -0.153. The van der Waals surface area contributed by atoms with Gasteiger partial charge in [-0.3, -0.25) is 9.59 Å². The summed E-state index contributed by atoms with van der Waals surface area (Å²) in [7, 11) is 0. The van der Waals surface area contributed by atoms with Crippen LogP contribution in [0.15, 0.2) is 0 Å². The highest BCUT2D eigenvalue weighted by molar-refractivity contribution is 5.73. The Balaban J connectivity index is 3.04. The van der Waals surface area contributed by atoms with Gasteiger partial charge in [-0.25, -0.2) is 0 Å². The molecule has 0 fully saturated rings. The molecule has 0 aromatic heterocycles. The van der Waals surface area contributed by atoms with Crippen molar-refractivity contribution in [1.82, 2.24) is 0 Å². The van der Waals surface area contributed by atoms with Crippen LogP contribution in [-0.4, -0.2) is 11.8 Å². The summed E-state index contributed by atoms with van der Waals surface area (Å²) in [5.41, 5.74) is 10.3. The summed E-state index contributed by atoms with van der Waals surface area (Å²) in [5.74, 6) is -0.307. The fourth-order valence-electron chi connectivity index (χ4n) is 5.72. The van der Waals surface area contributed by atoms with E-state index in [-0.39, 0.29) is 11.8 Å². The molecule has 0 atom stereocenters. The van der Waals surface area contributed by atoms with Gasteiger partial charge < -0.3 is 11.5 Å². The van der Waals surface area contributed by atoms with Gasteiger partial charge in [0.05, 0.1) is 0 Å². The molecule has 39 heavy (non-hydrogen) atoms. The van der Waals surface area contributed by atoms with Crippen LogP contribution in [0.3, 0.4) is 0 Å². The first-order valence-corrected chi connectivity index (χ1v) is 17.7. The van der Waals surface area contributed by atoms with Crippen molar-refractivity contribution in [2.24, 2.45) is 11.5 Å². The third-order valence-electron chi connectivity index (χ3n) is 8.35. The molecular weight excluding hydrogens is 480 g/mol. The Morgan fingerprint density at radius 1 is 0.231 bits per heavy atom. The third-order valence-corrected chi connectivity index (χ3v) is 8.35. The van der Waals surface area contributed by atoms with Crippen LogP contribution in [0.2, 0.25) is 0 Å². The van der Waals surface area contributed by atoms with Gasteiger partial charge in [0, 0.05) is 12.8 Å². The van der Waals surface area contributed by atoms with Crippen LogP contribution in [0.1, 0.15) is 212 Å². The van der Waals surface area contributed by atoms with Crippen LogP contribution < -0.4 is 11.5 Å². The second-order valence-electron chi connectivity index (χ2n) is 12.4. The van der Waals surface area contributed by atoms with Crippen molar-refractivity contribution in [3.63, 3.8) is 0 Å². The molecule has 0 aliphatic carbocycles. The lowest BCUT2D eigenvalue weighted by Gasteiger charge is -2.05. The topological polar surface area (TPSA) is 86.2 Å². The van der Waals surface area contributed by atoms with Crippen LogP contribution >= 0.6 is 0 Å². The van der Waals surface area contributed by atoms with E-state index in [1.807, 2.05) is 0 Å². The fraction of sp³-hybridized carbons (Fsp3) is 0.943. The number of rotatable bonds is 34. The fourth-order valence-corrected chi connectivity index (χ4v) is 5.72. The number of unbranched alkanes of at least 4 members (excludes halogenated alkanes) is 30. The second-order valence-corrected chi connectivity index (χ2v) is 12.4. The molecule has 4 nitrogen and oxygen atoms in total. The van der Waals surface area contributed by atoms with Gasteiger partial charge in [-0.15, -0.1) is 0 Å². The van der Waals surface area contributed by atoms with Gasteiger partial charge in [0.2, 0.25) is 11.8 Å². The van der Waals surface area contributed by atoms with E-state index in [2.05, 4.69) is 0 Å². The van der Waals surface area contributed by atoms with E-state index in [1.165, 1.54) is 173 Å². The largest absolute Gasteiger partial charge is 0.370 e. The van der Waals surface area contributed by atoms with Crippen LogP contribution in [-0.2, 0) is 9.59 Å². The van der Waals surface area contributed by atoms with Gasteiger partial charge in [-0.2, -0.15) is 0 Å². The minimum Gasteiger partial charge on any atom is -0.370 e. The highest BCUT2D eigenvalue weighted by Gasteiger charge is 1.98. The first kappa shape index (κ1) is 37.9. The first-order chi connectivity index (χ1) is 19.1. The summed E-state index contributed by atoms with van der Waals surface area (Å²) >= 11 is 0. The minimum absolute atomic E-state index is 0.153. The molecule has 0 aliphatic heterocycles. The maximum absolute atomic E-state index is 10.7.